The van der Waals surface area contributed by atoms with Gasteiger partial charge in [0.2, 0.25) is 5.91 Å². The van der Waals surface area contributed by atoms with Crippen LogP contribution in [0.3, 0.4) is 0 Å². The summed E-state index contributed by atoms with van der Waals surface area (Å²) in [6, 6.07) is 4.09. The second-order valence-corrected chi connectivity index (χ2v) is 7.17. The lowest BCUT2D eigenvalue weighted by Gasteiger charge is -2.13. The topological polar surface area (TPSA) is 66.0 Å². The number of hydrogen-bond donors (Lipinski definition) is 2. The SMILES string of the molecule is CC(C)COCCCNC(=NCC(=O)N(C)C)NCc1cccs1.I. The second kappa shape index (κ2) is 14.3. The van der Waals surface area contributed by atoms with Crippen LogP contribution in [0.15, 0.2) is 22.5 Å². The smallest absolute Gasteiger partial charge is 0.243 e. The van der Waals surface area contributed by atoms with Crippen molar-refractivity contribution in [2.24, 2.45) is 10.9 Å². The van der Waals surface area contributed by atoms with Crippen molar-refractivity contribution in [1.29, 1.82) is 0 Å². The molecule has 0 radical (unpaired) electrons. The van der Waals surface area contributed by atoms with Gasteiger partial charge in [0.25, 0.3) is 0 Å². The third-order valence-electron chi connectivity index (χ3n) is 3.09. The van der Waals surface area contributed by atoms with E-state index in [1.165, 1.54) is 4.88 Å². The number of aliphatic imine (C=N–C) groups is 1. The van der Waals surface area contributed by atoms with E-state index in [-0.39, 0.29) is 36.4 Å². The minimum absolute atomic E-state index is 0. The van der Waals surface area contributed by atoms with Gasteiger partial charge in [-0.15, -0.1) is 35.3 Å². The van der Waals surface area contributed by atoms with Gasteiger partial charge in [0, 0.05) is 38.7 Å². The molecule has 1 heterocycles. The van der Waals surface area contributed by atoms with Gasteiger partial charge < -0.3 is 20.3 Å². The molecule has 0 saturated heterocycles. The summed E-state index contributed by atoms with van der Waals surface area (Å²) in [5, 5.41) is 8.57. The van der Waals surface area contributed by atoms with Crippen LogP contribution < -0.4 is 10.6 Å². The standard InChI is InChI=1S/C17H30N4O2S.HI/c1-14(2)13-23-9-6-8-18-17(20-12-16(22)21(3)4)19-11-15-7-5-10-24-15;/h5,7,10,14H,6,8-9,11-13H2,1-4H3,(H2,18,19,20);1H. The Balaban J connectivity index is 0.00000576. The number of ether oxygens (including phenoxy) is 1. The first kappa shape index (κ1) is 24.1. The van der Waals surface area contributed by atoms with Gasteiger partial charge in [0.05, 0.1) is 6.54 Å². The quantitative estimate of drug-likeness (QED) is 0.233. The van der Waals surface area contributed by atoms with Crippen molar-refractivity contribution in [2.75, 3.05) is 40.4 Å². The molecule has 0 spiro atoms. The van der Waals surface area contributed by atoms with Crippen LogP contribution in [0.1, 0.15) is 25.1 Å². The Morgan fingerprint density at radius 3 is 2.72 bits per heavy atom. The number of nitrogens with one attached hydrogen (secondary N) is 2. The van der Waals surface area contributed by atoms with Crippen molar-refractivity contribution in [3.8, 4) is 0 Å². The first-order valence-corrected chi connectivity index (χ1v) is 9.19. The fourth-order valence-corrected chi connectivity index (χ4v) is 2.39. The van der Waals surface area contributed by atoms with Gasteiger partial charge in [-0.3, -0.25) is 4.79 Å². The number of amides is 1. The predicted octanol–water partition coefficient (Wildman–Crippen LogP) is 2.55. The zero-order valence-corrected chi connectivity index (χ0v) is 18.7. The molecule has 0 aliphatic heterocycles. The number of carbonyl (C=O) groups excluding carboxylic acids is 1. The van der Waals surface area contributed by atoms with E-state index in [1.807, 2.05) is 11.4 Å². The average Bonchev–Trinajstić information content (AvgIpc) is 3.05. The molecule has 0 unspecified atom stereocenters. The van der Waals surface area contributed by atoms with Crippen LogP contribution in [0.2, 0.25) is 0 Å². The van der Waals surface area contributed by atoms with Crippen molar-refractivity contribution in [2.45, 2.75) is 26.8 Å². The van der Waals surface area contributed by atoms with Crippen molar-refractivity contribution in [3.05, 3.63) is 22.4 Å². The Hall–Kier alpha value is -0.870. The lowest BCUT2D eigenvalue weighted by atomic mass is 10.2. The maximum absolute atomic E-state index is 11.7. The van der Waals surface area contributed by atoms with E-state index in [0.29, 0.717) is 18.4 Å². The Bertz CT molecular complexity index is 493. The van der Waals surface area contributed by atoms with Gasteiger partial charge in [0.1, 0.15) is 6.54 Å². The van der Waals surface area contributed by atoms with Crippen LogP contribution in [0.25, 0.3) is 0 Å². The van der Waals surface area contributed by atoms with E-state index < -0.39 is 0 Å². The maximum Gasteiger partial charge on any atom is 0.243 e. The first-order chi connectivity index (χ1) is 11.5. The third kappa shape index (κ3) is 12.2. The number of guanidine groups is 1. The molecule has 2 N–H and O–H groups in total. The Morgan fingerprint density at radius 1 is 1.36 bits per heavy atom. The third-order valence-corrected chi connectivity index (χ3v) is 3.97. The van der Waals surface area contributed by atoms with E-state index in [2.05, 4.69) is 35.5 Å². The zero-order valence-electron chi connectivity index (χ0n) is 15.6. The van der Waals surface area contributed by atoms with Gasteiger partial charge in [-0.2, -0.15) is 0 Å². The van der Waals surface area contributed by atoms with E-state index >= 15 is 0 Å². The maximum atomic E-state index is 11.7. The van der Waals surface area contributed by atoms with Crippen molar-refractivity contribution >= 4 is 47.2 Å². The normalized spacial score (nSPS) is 11.2. The van der Waals surface area contributed by atoms with Crippen LogP contribution in [0.5, 0.6) is 0 Å². The van der Waals surface area contributed by atoms with Crippen molar-refractivity contribution in [3.63, 3.8) is 0 Å². The summed E-state index contributed by atoms with van der Waals surface area (Å²) in [4.78, 5) is 18.8. The summed E-state index contributed by atoms with van der Waals surface area (Å²) in [6.45, 7) is 7.37. The second-order valence-electron chi connectivity index (χ2n) is 6.14. The molecule has 0 aromatic carbocycles. The Kier molecular flexibility index (Phi) is 13.8. The summed E-state index contributed by atoms with van der Waals surface area (Å²) in [5.74, 6) is 1.19. The number of likely N-dealkylation sites (N-methyl/N-ethyl adjacent to an activating group) is 1. The molecule has 1 aromatic heterocycles. The van der Waals surface area contributed by atoms with Gasteiger partial charge in [0.15, 0.2) is 5.96 Å². The molecule has 0 fully saturated rings. The molecule has 8 heteroatoms. The van der Waals surface area contributed by atoms with Crippen molar-refractivity contribution in [1.82, 2.24) is 15.5 Å². The molecule has 144 valence electrons. The summed E-state index contributed by atoms with van der Waals surface area (Å²) in [7, 11) is 3.46. The minimum Gasteiger partial charge on any atom is -0.381 e. The predicted molar refractivity (Wildman–Crippen MR) is 116 cm³/mol. The lowest BCUT2D eigenvalue weighted by Crippen LogP contribution is -2.38. The number of nitrogens with zero attached hydrogens (tertiary/aromatic N) is 2. The Labute approximate surface area is 172 Å². The summed E-state index contributed by atoms with van der Waals surface area (Å²) in [6.07, 6.45) is 0.897. The first-order valence-electron chi connectivity index (χ1n) is 8.31. The molecule has 25 heavy (non-hydrogen) atoms. The molecule has 1 aromatic rings. The number of rotatable bonds is 10. The lowest BCUT2D eigenvalue weighted by molar-refractivity contribution is -0.127. The molecule has 0 bridgehead atoms. The van der Waals surface area contributed by atoms with Gasteiger partial charge in [-0.25, -0.2) is 4.99 Å². The number of halogens is 1. The largest absolute Gasteiger partial charge is 0.381 e. The van der Waals surface area contributed by atoms with Gasteiger partial charge in [-0.05, 0) is 23.8 Å². The van der Waals surface area contributed by atoms with Crippen LogP contribution in [0, 0.1) is 5.92 Å². The highest BCUT2D eigenvalue weighted by molar-refractivity contribution is 14.0. The van der Waals surface area contributed by atoms with E-state index in [0.717, 1.165) is 26.2 Å². The summed E-state index contributed by atoms with van der Waals surface area (Å²) < 4.78 is 5.57. The fraction of sp³-hybridized carbons (Fsp3) is 0.647. The molecular formula is C17H31IN4O2S. The highest BCUT2D eigenvalue weighted by atomic mass is 127. The number of carbonyl (C=O) groups is 1. The summed E-state index contributed by atoms with van der Waals surface area (Å²) >= 11 is 1.69. The molecule has 6 nitrogen and oxygen atoms in total. The molecule has 1 rings (SSSR count). The molecule has 0 saturated carbocycles. The van der Waals surface area contributed by atoms with E-state index in [9.17, 15) is 4.79 Å². The van der Waals surface area contributed by atoms with Gasteiger partial charge in [-0.1, -0.05) is 19.9 Å². The molecule has 0 atom stereocenters. The Morgan fingerprint density at radius 2 is 2.12 bits per heavy atom. The van der Waals surface area contributed by atoms with E-state index in [1.54, 1.807) is 30.3 Å². The monoisotopic (exact) mass is 482 g/mol. The zero-order chi connectivity index (χ0) is 17.8. The molecule has 0 aliphatic rings. The van der Waals surface area contributed by atoms with Gasteiger partial charge >= 0.3 is 0 Å². The number of thiophene rings is 1. The highest BCUT2D eigenvalue weighted by Gasteiger charge is 2.05. The molecular weight excluding hydrogens is 451 g/mol. The van der Waals surface area contributed by atoms with Crippen LogP contribution in [0.4, 0.5) is 0 Å². The fourth-order valence-electron chi connectivity index (χ4n) is 1.75. The molecule has 0 aliphatic carbocycles. The highest BCUT2D eigenvalue weighted by Crippen LogP contribution is 2.07. The van der Waals surface area contributed by atoms with Crippen molar-refractivity contribution < 1.29 is 9.53 Å². The van der Waals surface area contributed by atoms with Crippen LogP contribution in [-0.2, 0) is 16.1 Å². The molecule has 1 amide bonds. The van der Waals surface area contributed by atoms with Crippen LogP contribution >= 0.6 is 35.3 Å². The average molecular weight is 482 g/mol. The van der Waals surface area contributed by atoms with E-state index in [4.69, 9.17) is 4.74 Å². The number of hydrogen-bond acceptors (Lipinski definition) is 4. The van der Waals surface area contributed by atoms with Crippen LogP contribution in [-0.4, -0.2) is 57.2 Å². The summed E-state index contributed by atoms with van der Waals surface area (Å²) in [5.41, 5.74) is 0. The minimum atomic E-state index is -0.0208.